The van der Waals surface area contributed by atoms with Crippen LogP contribution < -0.4 is 0 Å². The zero-order valence-electron chi connectivity index (χ0n) is 6.29. The van der Waals surface area contributed by atoms with Gasteiger partial charge in [-0.25, -0.2) is 0 Å². The van der Waals surface area contributed by atoms with E-state index in [0.717, 1.165) is 12.8 Å². The quantitative estimate of drug-likeness (QED) is 0.508. The number of fused-ring (bicyclic) bond motifs is 1. The summed E-state index contributed by atoms with van der Waals surface area (Å²) in [6.07, 6.45) is 10.5. The van der Waals surface area contributed by atoms with Crippen LogP contribution in [0.4, 0.5) is 0 Å². The molecular formula is C10H10O. The highest BCUT2D eigenvalue weighted by molar-refractivity contribution is 5.90. The fourth-order valence-electron chi connectivity index (χ4n) is 2.81. The van der Waals surface area contributed by atoms with Gasteiger partial charge < -0.3 is 0 Å². The first-order valence-corrected chi connectivity index (χ1v) is 4.23. The van der Waals surface area contributed by atoms with Crippen LogP contribution in [0, 0.1) is 17.3 Å². The van der Waals surface area contributed by atoms with Gasteiger partial charge in [0.05, 0.1) is 0 Å². The van der Waals surface area contributed by atoms with E-state index >= 15 is 0 Å². The van der Waals surface area contributed by atoms with E-state index in [-0.39, 0.29) is 0 Å². The molecule has 3 unspecified atom stereocenters. The molecule has 0 aromatic heterocycles. The van der Waals surface area contributed by atoms with Crippen LogP contribution >= 0.6 is 0 Å². The predicted molar refractivity (Wildman–Crippen MR) is 41.9 cm³/mol. The van der Waals surface area contributed by atoms with Gasteiger partial charge in [0.15, 0.2) is 0 Å². The summed E-state index contributed by atoms with van der Waals surface area (Å²) in [6.45, 7) is 0. The lowest BCUT2D eigenvalue weighted by atomic mass is 9.96. The maximum absolute atomic E-state index is 11.3. The van der Waals surface area contributed by atoms with Gasteiger partial charge in [0.1, 0.15) is 5.78 Å². The summed E-state index contributed by atoms with van der Waals surface area (Å²) >= 11 is 0. The van der Waals surface area contributed by atoms with E-state index in [1.54, 1.807) is 0 Å². The number of carbonyl (C=O) groups is 1. The zero-order chi connectivity index (χ0) is 7.47. The van der Waals surface area contributed by atoms with Crippen molar-refractivity contribution in [3.63, 3.8) is 0 Å². The Kier molecular flexibility index (Phi) is 0.783. The molecule has 1 nitrogen and oxygen atoms in total. The van der Waals surface area contributed by atoms with Gasteiger partial charge in [-0.3, -0.25) is 4.79 Å². The molecule has 3 rings (SSSR count). The molecule has 3 aliphatic carbocycles. The predicted octanol–water partition coefficient (Wildman–Crippen LogP) is 1.71. The SMILES string of the molecule is O=C1CCC23C=CC=CC2C13. The fraction of sp³-hybridized carbons (Fsp3) is 0.500. The van der Waals surface area contributed by atoms with E-state index < -0.39 is 0 Å². The lowest BCUT2D eigenvalue weighted by molar-refractivity contribution is -0.119. The van der Waals surface area contributed by atoms with E-state index in [2.05, 4.69) is 24.3 Å². The third-order valence-corrected chi connectivity index (χ3v) is 3.44. The molecular weight excluding hydrogens is 136 g/mol. The lowest BCUT2D eigenvalue weighted by Crippen LogP contribution is -1.99. The molecule has 3 atom stereocenters. The van der Waals surface area contributed by atoms with Crippen LogP contribution in [0.3, 0.4) is 0 Å². The average Bonchev–Trinajstić information content (AvgIpc) is 2.60. The van der Waals surface area contributed by atoms with Crippen LogP contribution in [0.15, 0.2) is 24.3 Å². The molecule has 0 aliphatic heterocycles. The second-order valence-corrected chi connectivity index (χ2v) is 3.83. The molecule has 1 spiro atoms. The van der Waals surface area contributed by atoms with Crippen LogP contribution in [0.5, 0.6) is 0 Å². The maximum Gasteiger partial charge on any atom is 0.137 e. The molecule has 0 aromatic rings. The first kappa shape index (κ1) is 5.76. The smallest absolute Gasteiger partial charge is 0.137 e. The van der Waals surface area contributed by atoms with Crippen molar-refractivity contribution in [2.24, 2.45) is 17.3 Å². The third kappa shape index (κ3) is 0.482. The summed E-state index contributed by atoms with van der Waals surface area (Å²) < 4.78 is 0. The number of Topliss-reactive ketones (excluding diaryl/α,β-unsaturated/α-hetero) is 1. The Balaban J connectivity index is 2.07. The Morgan fingerprint density at radius 2 is 2.36 bits per heavy atom. The van der Waals surface area contributed by atoms with Crippen LogP contribution in [0.1, 0.15) is 12.8 Å². The topological polar surface area (TPSA) is 17.1 Å². The van der Waals surface area contributed by atoms with Gasteiger partial charge in [0.2, 0.25) is 0 Å². The molecule has 0 aromatic carbocycles. The Morgan fingerprint density at radius 1 is 1.45 bits per heavy atom. The zero-order valence-corrected chi connectivity index (χ0v) is 6.29. The lowest BCUT2D eigenvalue weighted by Gasteiger charge is -2.08. The fourth-order valence-corrected chi connectivity index (χ4v) is 2.81. The largest absolute Gasteiger partial charge is 0.299 e. The molecule has 2 fully saturated rings. The van der Waals surface area contributed by atoms with Crippen LogP contribution in [-0.2, 0) is 4.79 Å². The first-order valence-electron chi connectivity index (χ1n) is 4.23. The van der Waals surface area contributed by atoms with Gasteiger partial charge in [0, 0.05) is 17.8 Å². The summed E-state index contributed by atoms with van der Waals surface area (Å²) in [7, 11) is 0. The van der Waals surface area contributed by atoms with Crippen molar-refractivity contribution in [3.05, 3.63) is 24.3 Å². The number of carbonyl (C=O) groups excluding carboxylic acids is 1. The summed E-state index contributed by atoms with van der Waals surface area (Å²) in [5.74, 6) is 1.44. The molecule has 11 heavy (non-hydrogen) atoms. The van der Waals surface area contributed by atoms with E-state index in [1.807, 2.05) is 0 Å². The summed E-state index contributed by atoms with van der Waals surface area (Å²) in [5, 5.41) is 0. The van der Waals surface area contributed by atoms with Gasteiger partial charge >= 0.3 is 0 Å². The van der Waals surface area contributed by atoms with E-state index in [1.165, 1.54) is 0 Å². The van der Waals surface area contributed by atoms with Gasteiger partial charge in [0.25, 0.3) is 0 Å². The van der Waals surface area contributed by atoms with E-state index in [0.29, 0.717) is 23.0 Å². The molecule has 0 radical (unpaired) electrons. The standard InChI is InChI=1S/C10H10O/c11-8-4-6-10-5-2-1-3-7(10)9(8)10/h1-3,5,7,9H,4,6H2. The molecule has 2 saturated carbocycles. The molecule has 0 heterocycles. The van der Waals surface area contributed by atoms with E-state index in [9.17, 15) is 4.79 Å². The molecule has 0 saturated heterocycles. The Bertz CT molecular complexity index is 287. The number of ketones is 1. The van der Waals surface area contributed by atoms with Crippen molar-refractivity contribution in [2.45, 2.75) is 12.8 Å². The Labute approximate surface area is 65.8 Å². The first-order chi connectivity index (χ1) is 5.34. The highest BCUT2D eigenvalue weighted by atomic mass is 16.1. The van der Waals surface area contributed by atoms with Crippen molar-refractivity contribution in [1.29, 1.82) is 0 Å². The van der Waals surface area contributed by atoms with Crippen molar-refractivity contribution >= 4 is 5.78 Å². The number of rotatable bonds is 0. The number of allylic oxidation sites excluding steroid dienone is 4. The highest BCUT2D eigenvalue weighted by Gasteiger charge is 2.68. The minimum atomic E-state index is 0.311. The molecule has 0 N–H and O–H groups in total. The highest BCUT2D eigenvalue weighted by Crippen LogP contribution is 2.69. The summed E-state index contributed by atoms with van der Waals surface area (Å²) in [4.78, 5) is 11.3. The van der Waals surface area contributed by atoms with Crippen LogP contribution in [0.25, 0.3) is 0 Å². The molecule has 0 bridgehead atoms. The Morgan fingerprint density at radius 3 is 3.18 bits per heavy atom. The van der Waals surface area contributed by atoms with Gasteiger partial charge in [-0.05, 0) is 12.3 Å². The monoisotopic (exact) mass is 146 g/mol. The van der Waals surface area contributed by atoms with Gasteiger partial charge in [-0.15, -0.1) is 0 Å². The molecule has 3 aliphatic rings. The van der Waals surface area contributed by atoms with Crippen LogP contribution in [0.2, 0.25) is 0 Å². The third-order valence-electron chi connectivity index (χ3n) is 3.44. The number of hydrogen-bond acceptors (Lipinski definition) is 1. The molecule has 0 amide bonds. The minimum absolute atomic E-state index is 0.311. The second kappa shape index (κ2) is 1.50. The molecule has 1 heteroatoms. The van der Waals surface area contributed by atoms with E-state index in [4.69, 9.17) is 0 Å². The van der Waals surface area contributed by atoms with Crippen LogP contribution in [-0.4, -0.2) is 5.78 Å². The summed E-state index contributed by atoms with van der Waals surface area (Å²) in [5.41, 5.74) is 0.311. The summed E-state index contributed by atoms with van der Waals surface area (Å²) in [6, 6.07) is 0. The van der Waals surface area contributed by atoms with Crippen molar-refractivity contribution in [3.8, 4) is 0 Å². The Hall–Kier alpha value is -0.850. The minimum Gasteiger partial charge on any atom is -0.299 e. The average molecular weight is 146 g/mol. The van der Waals surface area contributed by atoms with Gasteiger partial charge in [-0.1, -0.05) is 24.3 Å². The van der Waals surface area contributed by atoms with Crippen molar-refractivity contribution < 1.29 is 4.79 Å². The number of hydrogen-bond donors (Lipinski definition) is 0. The normalized spacial score (nSPS) is 50.7. The maximum atomic E-state index is 11.3. The molecule has 56 valence electrons. The second-order valence-electron chi connectivity index (χ2n) is 3.83. The van der Waals surface area contributed by atoms with Crippen molar-refractivity contribution in [1.82, 2.24) is 0 Å². The van der Waals surface area contributed by atoms with Gasteiger partial charge in [-0.2, -0.15) is 0 Å². The van der Waals surface area contributed by atoms with Crippen molar-refractivity contribution in [2.75, 3.05) is 0 Å².